The molecule has 0 unspecified atom stereocenters. The van der Waals surface area contributed by atoms with E-state index in [2.05, 4.69) is 46.5 Å². The van der Waals surface area contributed by atoms with Gasteiger partial charge in [-0.1, -0.05) is 12.1 Å². The summed E-state index contributed by atoms with van der Waals surface area (Å²) in [6.45, 7) is 9.81. The van der Waals surface area contributed by atoms with Crippen LogP contribution in [0.4, 0.5) is 5.82 Å². The molecule has 8 heteroatoms. The lowest BCUT2D eigenvalue weighted by Crippen LogP contribution is -2.48. The molecule has 1 aliphatic heterocycles. The Balaban J connectivity index is 0.00000341. The third kappa shape index (κ3) is 7.45. The highest BCUT2D eigenvalue weighted by Crippen LogP contribution is 2.27. The van der Waals surface area contributed by atoms with Crippen LogP contribution in [0.15, 0.2) is 41.5 Å². The Morgan fingerprint density at radius 2 is 2.00 bits per heavy atom. The average Bonchev–Trinajstić information content (AvgIpc) is 2.75. The van der Waals surface area contributed by atoms with Crippen LogP contribution < -0.4 is 20.3 Å². The number of piperidine rings is 1. The van der Waals surface area contributed by atoms with E-state index in [1.165, 1.54) is 5.56 Å². The first-order valence-electron chi connectivity index (χ1n) is 10.8. The van der Waals surface area contributed by atoms with Gasteiger partial charge in [-0.15, -0.1) is 24.0 Å². The van der Waals surface area contributed by atoms with Gasteiger partial charge in [0.1, 0.15) is 5.82 Å². The zero-order valence-corrected chi connectivity index (χ0v) is 20.9. The standard InChI is InChI=1S/C23H33N5O2.HI/c1-4-24-23(26-16-18-7-8-20(29)21(14-18)30-5-2)27-19-10-12-28(13-11-19)22-9-6-17(3)15-25-22;/h6-9,14-15,19,29H,4-5,10-13,16H2,1-3H3,(H2,24,26,27);1H. The first-order valence-corrected chi connectivity index (χ1v) is 10.8. The molecule has 3 N–H and O–H groups in total. The minimum Gasteiger partial charge on any atom is -0.504 e. The molecule has 1 saturated heterocycles. The molecule has 0 amide bonds. The normalized spacial score (nSPS) is 14.7. The van der Waals surface area contributed by atoms with E-state index in [4.69, 9.17) is 9.73 Å². The fourth-order valence-corrected chi connectivity index (χ4v) is 3.51. The molecular formula is C23H34IN5O2. The minimum absolute atomic E-state index is 0. The van der Waals surface area contributed by atoms with Crippen molar-refractivity contribution in [3.8, 4) is 11.5 Å². The topological polar surface area (TPSA) is 82.0 Å². The molecule has 1 aromatic carbocycles. The Bertz CT molecular complexity index is 836. The molecule has 1 aromatic heterocycles. The number of anilines is 1. The number of phenols is 1. The van der Waals surface area contributed by atoms with Crippen LogP contribution >= 0.6 is 24.0 Å². The molecule has 3 rings (SSSR count). The van der Waals surface area contributed by atoms with Gasteiger partial charge < -0.3 is 25.4 Å². The molecule has 0 bridgehead atoms. The number of benzene rings is 1. The summed E-state index contributed by atoms with van der Waals surface area (Å²) >= 11 is 0. The number of aliphatic imine (C=N–C) groups is 1. The summed E-state index contributed by atoms with van der Waals surface area (Å²) in [5.74, 6) is 2.53. The molecule has 2 aromatic rings. The molecular weight excluding hydrogens is 505 g/mol. The highest BCUT2D eigenvalue weighted by atomic mass is 127. The maximum absolute atomic E-state index is 9.87. The first kappa shape index (κ1) is 25.0. The smallest absolute Gasteiger partial charge is 0.191 e. The van der Waals surface area contributed by atoms with Crippen molar-refractivity contribution in [2.24, 2.45) is 4.99 Å². The average molecular weight is 539 g/mol. The highest BCUT2D eigenvalue weighted by Gasteiger charge is 2.20. The third-order valence-corrected chi connectivity index (χ3v) is 5.14. The van der Waals surface area contributed by atoms with Crippen LogP contribution in [-0.4, -0.2) is 48.3 Å². The Hall–Kier alpha value is -2.23. The number of phenolic OH excluding ortho intramolecular Hbond substituents is 1. The largest absolute Gasteiger partial charge is 0.504 e. The second-order valence-electron chi connectivity index (χ2n) is 7.53. The number of pyridine rings is 1. The summed E-state index contributed by atoms with van der Waals surface area (Å²) in [7, 11) is 0. The monoisotopic (exact) mass is 539 g/mol. The molecule has 0 saturated carbocycles. The molecule has 1 aliphatic rings. The van der Waals surface area contributed by atoms with Crippen LogP contribution in [0.2, 0.25) is 0 Å². The van der Waals surface area contributed by atoms with Gasteiger partial charge in [-0.05, 0) is 62.9 Å². The number of aryl methyl sites for hydroxylation is 1. The number of nitrogens with one attached hydrogen (secondary N) is 2. The molecule has 1 fully saturated rings. The maximum Gasteiger partial charge on any atom is 0.191 e. The quantitative estimate of drug-likeness (QED) is 0.282. The van der Waals surface area contributed by atoms with Gasteiger partial charge in [0.25, 0.3) is 0 Å². The van der Waals surface area contributed by atoms with E-state index in [0.29, 0.717) is 24.9 Å². The van der Waals surface area contributed by atoms with Gasteiger partial charge in [-0.25, -0.2) is 9.98 Å². The number of hydrogen-bond donors (Lipinski definition) is 3. The summed E-state index contributed by atoms with van der Waals surface area (Å²) < 4.78 is 5.47. The van der Waals surface area contributed by atoms with Crippen molar-refractivity contribution in [3.05, 3.63) is 47.7 Å². The van der Waals surface area contributed by atoms with Gasteiger partial charge in [-0.3, -0.25) is 0 Å². The Labute approximate surface area is 202 Å². The third-order valence-electron chi connectivity index (χ3n) is 5.14. The summed E-state index contributed by atoms with van der Waals surface area (Å²) in [6, 6.07) is 9.97. The van der Waals surface area contributed by atoms with Gasteiger partial charge in [0, 0.05) is 31.9 Å². The van der Waals surface area contributed by atoms with E-state index in [0.717, 1.165) is 49.8 Å². The van der Waals surface area contributed by atoms with Crippen LogP contribution in [0.5, 0.6) is 11.5 Å². The minimum atomic E-state index is 0. The van der Waals surface area contributed by atoms with Crippen molar-refractivity contribution < 1.29 is 9.84 Å². The zero-order valence-electron chi connectivity index (χ0n) is 18.6. The Morgan fingerprint density at radius 1 is 1.23 bits per heavy atom. The summed E-state index contributed by atoms with van der Waals surface area (Å²) in [4.78, 5) is 11.6. The van der Waals surface area contributed by atoms with Crippen LogP contribution in [0.3, 0.4) is 0 Å². The van der Waals surface area contributed by atoms with Gasteiger partial charge in [0.15, 0.2) is 17.5 Å². The van der Waals surface area contributed by atoms with Crippen LogP contribution in [0, 0.1) is 6.92 Å². The van der Waals surface area contributed by atoms with E-state index >= 15 is 0 Å². The SMILES string of the molecule is CCNC(=NCc1ccc(O)c(OCC)c1)NC1CCN(c2ccc(C)cn2)CC1.I. The lowest BCUT2D eigenvalue weighted by molar-refractivity contribution is 0.318. The number of ether oxygens (including phenoxy) is 1. The molecule has 0 spiro atoms. The van der Waals surface area contributed by atoms with Crippen molar-refractivity contribution in [2.75, 3.05) is 31.1 Å². The zero-order chi connectivity index (χ0) is 21.3. The van der Waals surface area contributed by atoms with E-state index in [-0.39, 0.29) is 29.7 Å². The van der Waals surface area contributed by atoms with Gasteiger partial charge in [-0.2, -0.15) is 0 Å². The number of nitrogens with zero attached hydrogens (tertiary/aromatic N) is 3. The number of hydrogen-bond acceptors (Lipinski definition) is 5. The second-order valence-corrected chi connectivity index (χ2v) is 7.53. The predicted molar refractivity (Wildman–Crippen MR) is 137 cm³/mol. The van der Waals surface area contributed by atoms with Gasteiger partial charge in [0.05, 0.1) is 13.2 Å². The molecule has 0 atom stereocenters. The molecule has 31 heavy (non-hydrogen) atoms. The first-order chi connectivity index (χ1) is 14.6. The summed E-state index contributed by atoms with van der Waals surface area (Å²) in [5.41, 5.74) is 2.18. The summed E-state index contributed by atoms with van der Waals surface area (Å²) in [6.07, 6.45) is 4.00. The molecule has 0 aliphatic carbocycles. The molecule has 2 heterocycles. The number of halogens is 1. The van der Waals surface area contributed by atoms with E-state index in [1.807, 2.05) is 25.3 Å². The van der Waals surface area contributed by atoms with E-state index < -0.39 is 0 Å². The maximum atomic E-state index is 9.87. The molecule has 7 nitrogen and oxygen atoms in total. The highest BCUT2D eigenvalue weighted by molar-refractivity contribution is 14.0. The second kappa shape index (κ2) is 12.6. The van der Waals surface area contributed by atoms with E-state index in [9.17, 15) is 5.11 Å². The summed E-state index contributed by atoms with van der Waals surface area (Å²) in [5, 5.41) is 16.8. The number of aromatic nitrogens is 1. The van der Waals surface area contributed by atoms with Crippen molar-refractivity contribution in [1.29, 1.82) is 0 Å². The number of rotatable bonds is 7. The number of aromatic hydroxyl groups is 1. The Kier molecular flexibility index (Phi) is 10.2. The number of guanidine groups is 1. The van der Waals surface area contributed by atoms with Crippen molar-refractivity contribution >= 4 is 35.8 Å². The fraction of sp³-hybridized carbons (Fsp3) is 0.478. The van der Waals surface area contributed by atoms with Gasteiger partial charge in [0.2, 0.25) is 0 Å². The van der Waals surface area contributed by atoms with Crippen LogP contribution in [0.1, 0.15) is 37.8 Å². The fourth-order valence-electron chi connectivity index (χ4n) is 3.51. The van der Waals surface area contributed by atoms with Gasteiger partial charge >= 0.3 is 0 Å². The van der Waals surface area contributed by atoms with Crippen molar-refractivity contribution in [3.63, 3.8) is 0 Å². The lowest BCUT2D eigenvalue weighted by atomic mass is 10.1. The van der Waals surface area contributed by atoms with Crippen LogP contribution in [-0.2, 0) is 6.54 Å². The molecule has 0 radical (unpaired) electrons. The van der Waals surface area contributed by atoms with Crippen molar-refractivity contribution in [2.45, 2.75) is 46.2 Å². The predicted octanol–water partition coefficient (Wildman–Crippen LogP) is 3.84. The Morgan fingerprint density at radius 3 is 2.65 bits per heavy atom. The molecule has 170 valence electrons. The lowest BCUT2D eigenvalue weighted by Gasteiger charge is -2.33. The van der Waals surface area contributed by atoms with Crippen molar-refractivity contribution in [1.82, 2.24) is 15.6 Å². The van der Waals surface area contributed by atoms with Crippen LogP contribution in [0.25, 0.3) is 0 Å². The van der Waals surface area contributed by atoms with E-state index in [1.54, 1.807) is 6.07 Å².